The van der Waals surface area contributed by atoms with Gasteiger partial charge in [0.05, 0.1) is 32.9 Å². The highest BCUT2D eigenvalue weighted by molar-refractivity contribution is 6.27. The third-order valence-electron chi connectivity index (χ3n) is 25.1. The van der Waals surface area contributed by atoms with Crippen LogP contribution in [0.3, 0.4) is 0 Å². The summed E-state index contributed by atoms with van der Waals surface area (Å²) in [4.78, 5) is 0. The topological polar surface area (TPSA) is 39.4 Å². The molecule has 0 radical (unpaired) electrons. The Hall–Kier alpha value is -17.2. The summed E-state index contributed by atoms with van der Waals surface area (Å²) < 4.78 is 236. The quantitative estimate of drug-likeness (QED) is 0.128. The molecule has 0 amide bonds. The fourth-order valence-corrected chi connectivity index (χ4v) is 19.2. The highest BCUT2D eigenvalue weighted by Crippen LogP contribution is 2.52. The molecule has 27 aromatic rings. The minimum atomic E-state index is -0.437. The highest BCUT2D eigenvalue weighted by atomic mass is 16.3. The summed E-state index contributed by atoms with van der Waals surface area (Å²) in [5, 5.41) is 10.5. The molecule has 0 saturated carbocycles. The number of rotatable bonds is 10. The number of furan rings is 3. The van der Waals surface area contributed by atoms with Crippen LogP contribution in [0, 0.1) is 0 Å². The van der Waals surface area contributed by atoms with E-state index in [4.69, 9.17) is 29.7 Å². The first kappa shape index (κ1) is 55.3. The maximum atomic E-state index is 9.42. The van der Waals surface area contributed by atoms with Crippen molar-refractivity contribution in [3.05, 3.63) is 485 Å². The molecule has 0 bridgehead atoms. The molecule has 131 heavy (non-hydrogen) atoms. The lowest BCUT2D eigenvalue weighted by Gasteiger charge is -2.19. The summed E-state index contributed by atoms with van der Waals surface area (Å²) in [5.74, 6) is 0. The molecule has 0 fully saturated rings. The minimum absolute atomic E-state index is 0.169. The number of hydrogen-bond acceptors (Lipinski definition) is 3. The van der Waals surface area contributed by atoms with Crippen molar-refractivity contribution in [3.8, 4) is 111 Å². The van der Waals surface area contributed by atoms with Gasteiger partial charge in [-0.3, -0.25) is 0 Å². The Morgan fingerprint density at radius 2 is 0.366 bits per heavy atom. The van der Waals surface area contributed by atoms with E-state index in [2.05, 4.69) is 12.1 Å². The largest absolute Gasteiger partial charge is 0.456 e. The van der Waals surface area contributed by atoms with Crippen molar-refractivity contribution in [2.45, 2.75) is 0 Å². The van der Waals surface area contributed by atoms with Crippen LogP contribution in [0.1, 0.15) is 32.9 Å². The molecular weight excluding hydrogens is 1590 g/mol. The Labute approximate surface area is 790 Å². The molecule has 0 atom stereocenters. The Morgan fingerprint density at radius 3 is 0.718 bits per heavy atom. The molecule has 0 N–H and O–H groups in total. The first-order chi connectivity index (χ1) is 74.9. The molecule has 610 valence electrons. The summed E-state index contributed by atoms with van der Waals surface area (Å²) in [7, 11) is 0. The maximum Gasteiger partial charge on any atom is 0.135 e. The third-order valence-corrected chi connectivity index (χ3v) is 25.1. The van der Waals surface area contributed by atoms with Crippen LogP contribution < -0.4 is 0 Å². The Kier molecular flexibility index (Phi) is 13.5. The second-order valence-corrected chi connectivity index (χ2v) is 32.4. The van der Waals surface area contributed by atoms with Crippen LogP contribution in [0.15, 0.2) is 498 Å². The van der Waals surface area contributed by atoms with E-state index >= 15 is 0 Å². The van der Waals surface area contributed by atoms with Crippen molar-refractivity contribution in [2.24, 2.45) is 0 Å². The van der Waals surface area contributed by atoms with Crippen LogP contribution >= 0.6 is 0 Å². The van der Waals surface area contributed by atoms with Crippen molar-refractivity contribution >= 4 is 152 Å². The smallest absolute Gasteiger partial charge is 0.135 e. The van der Waals surface area contributed by atoms with Crippen molar-refractivity contribution in [2.75, 3.05) is 0 Å². The van der Waals surface area contributed by atoms with E-state index in [1.165, 1.54) is 0 Å². The monoisotopic (exact) mass is 1690 g/mol. The lowest BCUT2D eigenvalue weighted by atomic mass is 9.83. The van der Waals surface area contributed by atoms with E-state index in [9.17, 15) is 16.4 Å². The van der Waals surface area contributed by atoms with Gasteiger partial charge < -0.3 is 13.3 Å². The van der Waals surface area contributed by atoms with Crippen LogP contribution in [0.25, 0.3) is 263 Å². The number of benzene rings is 24. The molecule has 27 rings (SSSR count). The predicted molar refractivity (Wildman–Crippen MR) is 556 cm³/mol. The van der Waals surface area contributed by atoms with Gasteiger partial charge in [-0.15, -0.1) is 0 Å². The number of hydrogen-bond donors (Lipinski definition) is 0. The van der Waals surface area contributed by atoms with Gasteiger partial charge in [-0.2, -0.15) is 0 Å². The Balaban J connectivity index is 0.000000119. The molecule has 0 saturated heterocycles. The van der Waals surface area contributed by atoms with E-state index in [0.29, 0.717) is 100 Å². The van der Waals surface area contributed by atoms with Gasteiger partial charge in [0.2, 0.25) is 0 Å². The van der Waals surface area contributed by atoms with Crippen molar-refractivity contribution in [1.82, 2.24) is 0 Å². The molecule has 3 heteroatoms. The van der Waals surface area contributed by atoms with Gasteiger partial charge in [0.25, 0.3) is 0 Å². The van der Waals surface area contributed by atoms with Crippen LogP contribution in [0.4, 0.5) is 0 Å². The molecule has 0 aliphatic carbocycles. The van der Waals surface area contributed by atoms with E-state index in [-0.39, 0.29) is 137 Å². The van der Waals surface area contributed by atoms with Gasteiger partial charge in [-0.25, -0.2) is 0 Å². The molecule has 3 aromatic heterocycles. The SMILES string of the molecule is [2H]c1c([2H])c([2H])c2c(-c3ccc(-c4ccccc4)c4ccccc34)c3c([2H])c([2H])c([2H])c([2H])c3c(-c3ccc4oc5ccccc5c4c3)c2c1[2H].[2H]c1c([2H])c([2H])c2c(-c3ccc4oc5ccccc5c4c3)c3c([2H])c([2H])c([2H])c([2H])c3c(-c3cc(-c4ccccc4)cc(-c4ccccc4)c3)c2c1[2H].[2H]c1c([2H])c([2H])c2c(-c3ccc4oc5ccccc5c4c3)c3c([2H])c([2H])c([2H])c([2H])c3c(-c3ccc4cc(-c5ccccc5)ccc4c3)c2c1[2H]. The average molecular weight is 1690 g/mol. The summed E-state index contributed by atoms with van der Waals surface area (Å²) in [6, 6.07) is 99.4. The van der Waals surface area contributed by atoms with Gasteiger partial charge in [-0.05, 0) is 282 Å². The van der Waals surface area contributed by atoms with Crippen molar-refractivity contribution in [1.29, 1.82) is 0 Å². The van der Waals surface area contributed by atoms with Gasteiger partial charge in [-0.1, -0.05) is 400 Å². The standard InChI is InChI=1S/C44H28O.2C42H26O/c1-3-13-29(14-4-1)32-25-33(30-15-5-2-6-16-30)27-34(26-32)44-38-20-9-7-18-36(38)43(37-19-8-10-21-39(37)44)31-23-24-42-40(28-31)35-17-11-12-22-41(35)45-42;1-2-10-27(11-3-1)28-18-19-30-25-31(21-20-29(30)24-28)41-34-13-4-6-15-36(34)42(37-16-7-5-14-35(37)41)32-22-23-40-38(26-32)33-12-8-9-17-39(33)43-40;1-2-12-27(13-3-1)29-23-24-37(31-15-5-4-14-30(29)31)42-35-19-8-6-17-33(35)41(34-18-7-9-20-36(34)42)28-22-25-40-38(26-28)32-16-10-11-21-39(32)43-40/h1-28H;2*1-26H/i7D,8D,9D,10D,18D,19D,20D,21D;4D,5D,6D,7D,13D,14D,15D,16D;6D,7D,8D,9D,17D,18D,19D,20D. The van der Waals surface area contributed by atoms with E-state index in [0.717, 1.165) is 98.4 Å². The molecule has 3 nitrogen and oxygen atoms in total. The summed E-state index contributed by atoms with van der Waals surface area (Å²) in [6.07, 6.45) is 0. The Morgan fingerprint density at radius 1 is 0.130 bits per heavy atom. The predicted octanol–water partition coefficient (Wildman–Crippen LogP) is 36.7. The zero-order valence-electron chi connectivity index (χ0n) is 93.6. The summed E-state index contributed by atoms with van der Waals surface area (Å²) in [5.41, 5.74) is 16.7. The fraction of sp³-hybridized carbons (Fsp3) is 0. The first-order valence-electron chi connectivity index (χ1n) is 55.0. The van der Waals surface area contributed by atoms with Crippen LogP contribution in [0.5, 0.6) is 0 Å². The zero-order valence-corrected chi connectivity index (χ0v) is 69.6. The lowest BCUT2D eigenvalue weighted by molar-refractivity contribution is 0.668. The molecule has 0 aliphatic heterocycles. The van der Waals surface area contributed by atoms with Crippen LogP contribution in [0.2, 0.25) is 0 Å². The second-order valence-electron chi connectivity index (χ2n) is 32.4. The van der Waals surface area contributed by atoms with E-state index in [1.807, 2.05) is 291 Å². The van der Waals surface area contributed by atoms with Gasteiger partial charge in [0.1, 0.15) is 33.5 Å². The Bertz CT molecular complexity index is 10500. The number of para-hydroxylation sites is 3. The third kappa shape index (κ3) is 13.3. The molecule has 3 heterocycles. The summed E-state index contributed by atoms with van der Waals surface area (Å²) in [6.45, 7) is 0. The first-order valence-corrected chi connectivity index (χ1v) is 43.0. The molecule has 0 unspecified atom stereocenters. The minimum Gasteiger partial charge on any atom is -0.456 e. The molecule has 0 aliphatic rings. The van der Waals surface area contributed by atoms with Gasteiger partial charge in [0.15, 0.2) is 0 Å². The van der Waals surface area contributed by atoms with Crippen LogP contribution in [-0.2, 0) is 0 Å². The van der Waals surface area contributed by atoms with Crippen molar-refractivity contribution in [3.63, 3.8) is 0 Å². The maximum absolute atomic E-state index is 9.42. The van der Waals surface area contributed by atoms with Crippen molar-refractivity contribution < 1.29 is 46.1 Å². The average Bonchev–Trinajstić information content (AvgIpc) is 0.960. The number of fused-ring (bicyclic) bond motifs is 17. The zero-order chi connectivity index (χ0) is 107. The van der Waals surface area contributed by atoms with Gasteiger partial charge in [0, 0.05) is 32.3 Å². The van der Waals surface area contributed by atoms with Gasteiger partial charge >= 0.3 is 0 Å². The lowest BCUT2D eigenvalue weighted by Crippen LogP contribution is -1.92. The van der Waals surface area contributed by atoms with E-state index < -0.39 is 72.5 Å². The highest BCUT2D eigenvalue weighted by Gasteiger charge is 2.25. The van der Waals surface area contributed by atoms with E-state index in [1.54, 1.807) is 36.4 Å². The molecular formula is C128H80O3. The second kappa shape index (κ2) is 32.0. The summed E-state index contributed by atoms with van der Waals surface area (Å²) >= 11 is 0. The molecule has 0 spiro atoms. The normalized spacial score (nSPS) is 14.2. The molecule has 24 aromatic carbocycles. The fourth-order valence-electron chi connectivity index (χ4n) is 19.2. The van der Waals surface area contributed by atoms with Crippen LogP contribution in [-0.4, -0.2) is 0 Å².